The van der Waals surface area contributed by atoms with Crippen molar-refractivity contribution in [2.75, 3.05) is 35.3 Å². The summed E-state index contributed by atoms with van der Waals surface area (Å²) in [5, 5.41) is 12.7. The van der Waals surface area contributed by atoms with Crippen LogP contribution < -0.4 is 15.1 Å². The van der Waals surface area contributed by atoms with Crippen molar-refractivity contribution >= 4 is 23.2 Å². The summed E-state index contributed by atoms with van der Waals surface area (Å²) in [6, 6.07) is 23.7. The van der Waals surface area contributed by atoms with Crippen LogP contribution in [0.4, 0.5) is 17.3 Å². The topological polar surface area (TPSA) is 98.5 Å². The summed E-state index contributed by atoms with van der Waals surface area (Å²) in [7, 11) is 2.03. The summed E-state index contributed by atoms with van der Waals surface area (Å²) >= 11 is 0. The molecule has 5 rings (SSSR count). The third kappa shape index (κ3) is 4.96. The zero-order valence-electron chi connectivity index (χ0n) is 20.1. The van der Waals surface area contributed by atoms with Crippen LogP contribution in [0, 0.1) is 17.2 Å². The van der Waals surface area contributed by atoms with Crippen molar-refractivity contribution in [3.05, 3.63) is 84.3 Å². The lowest BCUT2D eigenvalue weighted by Crippen LogP contribution is -2.38. The maximum Gasteiger partial charge on any atom is 0.266 e. The summed E-state index contributed by atoms with van der Waals surface area (Å²) in [6.07, 6.45) is 2.83. The normalized spacial score (nSPS) is 13.8. The molecule has 0 atom stereocenters. The number of furan rings is 1. The number of nitrogens with zero attached hydrogens (tertiary/aromatic N) is 4. The number of carbonyl (C=O) groups is 1. The maximum absolute atomic E-state index is 13.2. The van der Waals surface area contributed by atoms with E-state index in [0.717, 1.165) is 17.9 Å². The molecule has 0 spiro atoms. The summed E-state index contributed by atoms with van der Waals surface area (Å²) in [5.74, 6) is 1.05. The average Bonchev–Trinajstić information content (AvgIpc) is 3.60. The molecule has 1 aliphatic heterocycles. The van der Waals surface area contributed by atoms with Crippen LogP contribution in [0.2, 0.25) is 0 Å². The summed E-state index contributed by atoms with van der Waals surface area (Å²) < 4.78 is 11.2. The first kappa shape index (κ1) is 23.2. The van der Waals surface area contributed by atoms with Gasteiger partial charge in [-0.05, 0) is 42.7 Å². The molecule has 0 bridgehead atoms. The fourth-order valence-corrected chi connectivity index (χ4v) is 4.54. The van der Waals surface area contributed by atoms with Gasteiger partial charge >= 0.3 is 0 Å². The third-order valence-corrected chi connectivity index (χ3v) is 6.44. The fraction of sp³-hybridized carbons (Fsp3) is 0.250. The molecule has 4 aromatic rings. The standard InChI is InChI=1S/C28H27N5O3/c1-32(19-20-8-3-2-4-9-20)24-11-6-5-10-22(24)30-26(34)21-13-15-33(16-14-21)28-23(18-29)31-27(36-28)25-12-7-17-35-25/h2-12,17,21H,13-16,19H2,1H3,(H,30,34). The summed E-state index contributed by atoms with van der Waals surface area (Å²) in [5.41, 5.74) is 3.19. The molecule has 0 radical (unpaired) electrons. The van der Waals surface area contributed by atoms with Gasteiger partial charge in [0.05, 0.1) is 17.6 Å². The number of amides is 1. The minimum atomic E-state index is -0.133. The smallest absolute Gasteiger partial charge is 0.266 e. The van der Waals surface area contributed by atoms with E-state index in [9.17, 15) is 10.1 Å². The highest BCUT2D eigenvalue weighted by Gasteiger charge is 2.29. The molecule has 8 heteroatoms. The minimum Gasteiger partial charge on any atom is -0.459 e. The van der Waals surface area contributed by atoms with Gasteiger partial charge in [0.25, 0.3) is 5.89 Å². The molecule has 0 saturated carbocycles. The van der Waals surface area contributed by atoms with E-state index in [1.165, 1.54) is 11.8 Å². The van der Waals surface area contributed by atoms with Crippen LogP contribution in [0.5, 0.6) is 0 Å². The SMILES string of the molecule is CN(Cc1ccccc1)c1ccccc1NC(=O)C1CCN(c2oc(-c3ccco3)nc2C#N)CC1. The van der Waals surface area contributed by atoms with Gasteiger partial charge in [-0.15, -0.1) is 0 Å². The van der Waals surface area contributed by atoms with E-state index < -0.39 is 0 Å². The number of carbonyl (C=O) groups excluding carboxylic acids is 1. The number of nitriles is 1. The predicted molar refractivity (Wildman–Crippen MR) is 137 cm³/mol. The first-order valence-corrected chi connectivity index (χ1v) is 12.0. The van der Waals surface area contributed by atoms with Crippen molar-refractivity contribution in [2.24, 2.45) is 5.92 Å². The van der Waals surface area contributed by atoms with Crippen molar-refractivity contribution in [1.82, 2.24) is 4.98 Å². The highest BCUT2D eigenvalue weighted by Crippen LogP contribution is 2.32. The molecule has 1 saturated heterocycles. The van der Waals surface area contributed by atoms with Crippen LogP contribution in [0.3, 0.4) is 0 Å². The molecule has 8 nitrogen and oxygen atoms in total. The molecule has 2 aromatic carbocycles. The number of hydrogen-bond donors (Lipinski definition) is 1. The van der Waals surface area contributed by atoms with Gasteiger partial charge in [-0.25, -0.2) is 0 Å². The predicted octanol–water partition coefficient (Wildman–Crippen LogP) is 5.30. The Kier molecular flexibility index (Phi) is 6.72. The lowest BCUT2D eigenvalue weighted by Gasteiger charge is -2.31. The van der Waals surface area contributed by atoms with E-state index in [1.807, 2.05) is 54.4 Å². The maximum atomic E-state index is 13.2. The number of aromatic nitrogens is 1. The highest BCUT2D eigenvalue weighted by atomic mass is 16.4. The third-order valence-electron chi connectivity index (χ3n) is 6.44. The minimum absolute atomic E-state index is 0.00422. The van der Waals surface area contributed by atoms with Crippen LogP contribution in [0.25, 0.3) is 11.7 Å². The second-order valence-electron chi connectivity index (χ2n) is 8.87. The molecular formula is C28H27N5O3. The Morgan fingerprint density at radius 2 is 1.86 bits per heavy atom. The van der Waals surface area contributed by atoms with E-state index in [2.05, 4.69) is 33.4 Å². The molecule has 1 aliphatic rings. The fourth-order valence-electron chi connectivity index (χ4n) is 4.54. The zero-order valence-corrected chi connectivity index (χ0v) is 20.1. The Balaban J connectivity index is 1.23. The van der Waals surface area contributed by atoms with Crippen molar-refractivity contribution < 1.29 is 13.6 Å². The largest absolute Gasteiger partial charge is 0.459 e. The summed E-state index contributed by atoms with van der Waals surface area (Å²) in [6.45, 7) is 1.93. The molecule has 0 aliphatic carbocycles. The first-order chi connectivity index (χ1) is 17.6. The van der Waals surface area contributed by atoms with Gasteiger partial charge in [-0.1, -0.05) is 42.5 Å². The molecule has 1 fully saturated rings. The number of hydrogen-bond acceptors (Lipinski definition) is 7. The van der Waals surface area contributed by atoms with Crippen molar-refractivity contribution in [3.63, 3.8) is 0 Å². The molecule has 1 amide bonds. The number of rotatable bonds is 7. The van der Waals surface area contributed by atoms with E-state index in [-0.39, 0.29) is 23.4 Å². The van der Waals surface area contributed by atoms with Crippen molar-refractivity contribution in [3.8, 4) is 17.7 Å². The quantitative estimate of drug-likeness (QED) is 0.382. The van der Waals surface area contributed by atoms with E-state index in [4.69, 9.17) is 8.83 Å². The van der Waals surface area contributed by atoms with Gasteiger partial charge in [-0.2, -0.15) is 10.2 Å². The van der Waals surface area contributed by atoms with Gasteiger partial charge in [0, 0.05) is 32.6 Å². The molecule has 3 heterocycles. The number of anilines is 3. The Bertz CT molecular complexity index is 1350. The molecule has 2 aromatic heterocycles. The van der Waals surface area contributed by atoms with Gasteiger partial charge in [0.15, 0.2) is 5.76 Å². The zero-order chi connectivity index (χ0) is 24.9. The van der Waals surface area contributed by atoms with Crippen molar-refractivity contribution in [1.29, 1.82) is 5.26 Å². The Labute approximate surface area is 209 Å². The van der Waals surface area contributed by atoms with Gasteiger partial charge in [0.1, 0.15) is 6.07 Å². The lowest BCUT2D eigenvalue weighted by atomic mass is 9.95. The number of para-hydroxylation sites is 2. The second kappa shape index (κ2) is 10.4. The van der Waals surface area contributed by atoms with Crippen molar-refractivity contribution in [2.45, 2.75) is 19.4 Å². The molecule has 36 heavy (non-hydrogen) atoms. The molecule has 0 unspecified atom stereocenters. The van der Waals surface area contributed by atoms with Crippen LogP contribution in [0.1, 0.15) is 24.1 Å². The lowest BCUT2D eigenvalue weighted by molar-refractivity contribution is -0.120. The van der Waals surface area contributed by atoms with Crippen LogP contribution in [-0.4, -0.2) is 31.0 Å². The number of benzene rings is 2. The molecule has 1 N–H and O–H groups in total. The number of piperidine rings is 1. The first-order valence-electron chi connectivity index (χ1n) is 12.0. The molecular weight excluding hydrogens is 454 g/mol. The summed E-state index contributed by atoms with van der Waals surface area (Å²) in [4.78, 5) is 21.6. The molecule has 182 valence electrons. The van der Waals surface area contributed by atoms with Gasteiger partial charge in [-0.3, -0.25) is 4.79 Å². The van der Waals surface area contributed by atoms with Gasteiger partial charge in [0.2, 0.25) is 17.5 Å². The van der Waals surface area contributed by atoms with Crippen LogP contribution >= 0.6 is 0 Å². The van der Waals surface area contributed by atoms with Crippen LogP contribution in [-0.2, 0) is 11.3 Å². The van der Waals surface area contributed by atoms with E-state index >= 15 is 0 Å². The second-order valence-corrected chi connectivity index (χ2v) is 8.87. The van der Waals surface area contributed by atoms with Crippen LogP contribution in [0.15, 0.2) is 81.8 Å². The van der Waals surface area contributed by atoms with Gasteiger partial charge < -0.3 is 24.0 Å². The average molecular weight is 482 g/mol. The number of nitrogens with one attached hydrogen (secondary N) is 1. The monoisotopic (exact) mass is 481 g/mol. The highest BCUT2D eigenvalue weighted by molar-refractivity contribution is 5.96. The Morgan fingerprint density at radius 3 is 2.58 bits per heavy atom. The van der Waals surface area contributed by atoms with E-state index in [0.29, 0.717) is 37.6 Å². The van der Waals surface area contributed by atoms with E-state index in [1.54, 1.807) is 12.1 Å². The Morgan fingerprint density at radius 1 is 1.11 bits per heavy atom. The Hall–Kier alpha value is -4.51. The number of oxazole rings is 1.